The molecule has 5 heteroatoms. The summed E-state index contributed by atoms with van der Waals surface area (Å²) in [6.45, 7) is 4.33. The molecule has 1 fully saturated rings. The van der Waals surface area contributed by atoms with Crippen LogP contribution in [0.3, 0.4) is 0 Å². The van der Waals surface area contributed by atoms with Gasteiger partial charge in [0.15, 0.2) is 5.78 Å². The molecule has 3 rings (SSSR count). The number of rotatable bonds is 4. The maximum Gasteiger partial charge on any atom is 0.195 e. The van der Waals surface area contributed by atoms with Crippen molar-refractivity contribution in [3.8, 4) is 5.69 Å². The van der Waals surface area contributed by atoms with Crippen LogP contribution >= 0.6 is 0 Å². The second-order valence-electron chi connectivity index (χ2n) is 5.27. The van der Waals surface area contributed by atoms with Crippen molar-refractivity contribution in [3.63, 3.8) is 0 Å². The van der Waals surface area contributed by atoms with Crippen molar-refractivity contribution in [1.82, 2.24) is 20.0 Å². The maximum absolute atomic E-state index is 12.6. The van der Waals surface area contributed by atoms with Gasteiger partial charge in [-0.1, -0.05) is 18.2 Å². The Bertz CT molecular complexity index is 585. The molecule has 0 aliphatic carbocycles. The van der Waals surface area contributed by atoms with Crippen LogP contribution in [-0.4, -0.2) is 53.2 Å². The van der Waals surface area contributed by atoms with Gasteiger partial charge in [-0.3, -0.25) is 9.69 Å². The summed E-state index contributed by atoms with van der Waals surface area (Å²) in [4.78, 5) is 14.8. The van der Waals surface area contributed by atoms with E-state index in [-0.39, 0.29) is 5.78 Å². The number of para-hydroxylation sites is 1. The number of aromatic nitrogens is 2. The Morgan fingerprint density at radius 1 is 1.14 bits per heavy atom. The SMILES string of the molecule is O=C(CN1CCCNCC1)c1ccnn1-c1ccccc1. The van der Waals surface area contributed by atoms with E-state index in [0.29, 0.717) is 12.2 Å². The average Bonchev–Trinajstić information content (AvgIpc) is 2.87. The van der Waals surface area contributed by atoms with E-state index in [2.05, 4.69) is 15.3 Å². The molecule has 110 valence electrons. The van der Waals surface area contributed by atoms with E-state index in [0.717, 1.165) is 38.3 Å². The molecule has 1 aliphatic heterocycles. The standard InChI is InChI=1S/C16H20N4O/c21-16(13-19-11-4-8-17-10-12-19)15-7-9-18-20(15)14-5-2-1-3-6-14/h1-3,5-7,9,17H,4,8,10-13H2. The van der Waals surface area contributed by atoms with E-state index in [9.17, 15) is 4.79 Å². The highest BCUT2D eigenvalue weighted by Gasteiger charge is 2.17. The van der Waals surface area contributed by atoms with Gasteiger partial charge in [0.05, 0.1) is 18.4 Å². The second-order valence-corrected chi connectivity index (χ2v) is 5.27. The first kappa shape index (κ1) is 14.0. The van der Waals surface area contributed by atoms with Gasteiger partial charge in [0.1, 0.15) is 5.69 Å². The third-order valence-electron chi connectivity index (χ3n) is 3.73. The monoisotopic (exact) mass is 284 g/mol. The highest BCUT2D eigenvalue weighted by molar-refractivity contribution is 5.96. The van der Waals surface area contributed by atoms with Crippen LogP contribution in [0.5, 0.6) is 0 Å². The Morgan fingerprint density at radius 2 is 2.00 bits per heavy atom. The van der Waals surface area contributed by atoms with Crippen LogP contribution in [0.4, 0.5) is 0 Å². The topological polar surface area (TPSA) is 50.2 Å². The quantitative estimate of drug-likeness (QED) is 0.861. The van der Waals surface area contributed by atoms with E-state index in [1.54, 1.807) is 16.9 Å². The van der Waals surface area contributed by atoms with Crippen molar-refractivity contribution in [2.24, 2.45) is 0 Å². The molecular formula is C16H20N4O. The summed E-state index contributed by atoms with van der Waals surface area (Å²) in [5.74, 6) is 0.123. The molecule has 1 aromatic carbocycles. The minimum absolute atomic E-state index is 0.123. The minimum Gasteiger partial charge on any atom is -0.315 e. The lowest BCUT2D eigenvalue weighted by atomic mass is 10.2. The molecule has 0 spiro atoms. The Labute approximate surface area is 124 Å². The number of Topliss-reactive ketones (excluding diaryl/α,β-unsaturated/α-hetero) is 1. The van der Waals surface area contributed by atoms with Crippen molar-refractivity contribution in [1.29, 1.82) is 0 Å². The zero-order chi connectivity index (χ0) is 14.5. The number of nitrogens with zero attached hydrogens (tertiary/aromatic N) is 3. The van der Waals surface area contributed by atoms with Gasteiger partial charge in [0.2, 0.25) is 0 Å². The van der Waals surface area contributed by atoms with Gasteiger partial charge in [0, 0.05) is 13.1 Å². The van der Waals surface area contributed by atoms with Crippen molar-refractivity contribution in [3.05, 3.63) is 48.3 Å². The first-order chi connectivity index (χ1) is 10.3. The molecular weight excluding hydrogens is 264 g/mol. The molecule has 2 heterocycles. The lowest BCUT2D eigenvalue weighted by Crippen LogP contribution is -2.33. The number of ketones is 1. The molecule has 1 aliphatic rings. The molecule has 1 aromatic heterocycles. The molecule has 0 unspecified atom stereocenters. The van der Waals surface area contributed by atoms with Gasteiger partial charge in [-0.15, -0.1) is 0 Å². The fraction of sp³-hybridized carbons (Fsp3) is 0.375. The van der Waals surface area contributed by atoms with E-state index in [4.69, 9.17) is 0 Å². The predicted molar refractivity (Wildman–Crippen MR) is 81.8 cm³/mol. The zero-order valence-corrected chi connectivity index (χ0v) is 12.0. The van der Waals surface area contributed by atoms with Crippen molar-refractivity contribution in [2.75, 3.05) is 32.7 Å². The van der Waals surface area contributed by atoms with Gasteiger partial charge in [0.25, 0.3) is 0 Å². The van der Waals surface area contributed by atoms with E-state index in [1.165, 1.54) is 0 Å². The number of carbonyl (C=O) groups excluding carboxylic acids is 1. The Balaban J connectivity index is 1.75. The molecule has 0 radical (unpaired) electrons. The highest BCUT2D eigenvalue weighted by Crippen LogP contribution is 2.11. The minimum atomic E-state index is 0.123. The van der Waals surface area contributed by atoms with Gasteiger partial charge in [-0.05, 0) is 37.7 Å². The van der Waals surface area contributed by atoms with Crippen LogP contribution in [-0.2, 0) is 0 Å². The number of carbonyl (C=O) groups is 1. The second kappa shape index (κ2) is 6.65. The van der Waals surface area contributed by atoms with Crippen LogP contribution in [0.25, 0.3) is 5.69 Å². The molecule has 2 aromatic rings. The smallest absolute Gasteiger partial charge is 0.195 e. The summed E-state index contributed by atoms with van der Waals surface area (Å²) in [6.07, 6.45) is 2.77. The van der Waals surface area contributed by atoms with Crippen LogP contribution in [0, 0.1) is 0 Å². The Morgan fingerprint density at radius 3 is 2.86 bits per heavy atom. The molecule has 1 saturated heterocycles. The number of hydrogen-bond donors (Lipinski definition) is 1. The largest absolute Gasteiger partial charge is 0.315 e. The van der Waals surface area contributed by atoms with E-state index in [1.807, 2.05) is 30.3 Å². The highest BCUT2D eigenvalue weighted by atomic mass is 16.1. The third kappa shape index (κ3) is 3.37. The Hall–Kier alpha value is -1.98. The molecule has 0 bridgehead atoms. The first-order valence-electron chi connectivity index (χ1n) is 7.40. The van der Waals surface area contributed by atoms with Gasteiger partial charge in [-0.25, -0.2) is 4.68 Å². The maximum atomic E-state index is 12.6. The lowest BCUT2D eigenvalue weighted by molar-refractivity contribution is 0.0927. The summed E-state index contributed by atoms with van der Waals surface area (Å²) in [5.41, 5.74) is 1.57. The van der Waals surface area contributed by atoms with Crippen LogP contribution in [0.2, 0.25) is 0 Å². The van der Waals surface area contributed by atoms with Gasteiger partial charge in [-0.2, -0.15) is 5.10 Å². The molecule has 21 heavy (non-hydrogen) atoms. The van der Waals surface area contributed by atoms with E-state index >= 15 is 0 Å². The molecule has 1 N–H and O–H groups in total. The normalized spacial score (nSPS) is 16.6. The summed E-state index contributed by atoms with van der Waals surface area (Å²) in [5, 5.41) is 7.64. The lowest BCUT2D eigenvalue weighted by Gasteiger charge is -2.18. The summed E-state index contributed by atoms with van der Waals surface area (Å²) < 4.78 is 1.72. The number of hydrogen-bond acceptors (Lipinski definition) is 4. The summed E-state index contributed by atoms with van der Waals surface area (Å²) in [7, 11) is 0. The summed E-state index contributed by atoms with van der Waals surface area (Å²) >= 11 is 0. The summed E-state index contributed by atoms with van der Waals surface area (Å²) in [6, 6.07) is 11.6. The fourth-order valence-electron chi connectivity index (χ4n) is 2.63. The fourth-order valence-corrected chi connectivity index (χ4v) is 2.63. The third-order valence-corrected chi connectivity index (χ3v) is 3.73. The van der Waals surface area contributed by atoms with Crippen molar-refractivity contribution in [2.45, 2.75) is 6.42 Å². The van der Waals surface area contributed by atoms with Crippen LogP contribution < -0.4 is 5.32 Å². The van der Waals surface area contributed by atoms with E-state index < -0.39 is 0 Å². The van der Waals surface area contributed by atoms with Gasteiger partial charge >= 0.3 is 0 Å². The number of benzene rings is 1. The Kier molecular flexibility index (Phi) is 4.43. The number of nitrogens with one attached hydrogen (secondary N) is 1. The predicted octanol–water partition coefficient (Wildman–Crippen LogP) is 1.35. The van der Waals surface area contributed by atoms with Crippen LogP contribution in [0.15, 0.2) is 42.6 Å². The van der Waals surface area contributed by atoms with Gasteiger partial charge < -0.3 is 5.32 Å². The molecule has 0 amide bonds. The zero-order valence-electron chi connectivity index (χ0n) is 12.0. The molecule has 0 saturated carbocycles. The molecule has 5 nitrogen and oxygen atoms in total. The van der Waals surface area contributed by atoms with Crippen LogP contribution in [0.1, 0.15) is 16.9 Å². The average molecular weight is 284 g/mol. The van der Waals surface area contributed by atoms with Crippen molar-refractivity contribution < 1.29 is 4.79 Å². The molecule has 0 atom stereocenters. The first-order valence-corrected chi connectivity index (χ1v) is 7.40. The van der Waals surface area contributed by atoms with Crippen molar-refractivity contribution >= 4 is 5.78 Å².